The second kappa shape index (κ2) is 5.39. The molecule has 7 heteroatoms. The molecule has 0 aromatic heterocycles. The minimum absolute atomic E-state index is 0.0241. The summed E-state index contributed by atoms with van der Waals surface area (Å²) in [4.78, 5) is 21.9. The number of hydrogen-bond donors (Lipinski definition) is 2. The summed E-state index contributed by atoms with van der Waals surface area (Å²) in [5.74, 6) is -3.05. The van der Waals surface area contributed by atoms with Crippen molar-refractivity contribution in [2.45, 2.75) is 13.8 Å². The zero-order chi connectivity index (χ0) is 13.2. The number of carbonyl (C=O) groups excluding carboxylic acids is 2. The molecular formula is C10H9F2IN2O2. The molecule has 1 aromatic carbocycles. The number of halogens is 3. The van der Waals surface area contributed by atoms with Gasteiger partial charge in [-0.25, -0.2) is 8.78 Å². The minimum atomic E-state index is -1.09. The van der Waals surface area contributed by atoms with Gasteiger partial charge in [-0.1, -0.05) is 0 Å². The van der Waals surface area contributed by atoms with Gasteiger partial charge < -0.3 is 10.6 Å². The highest BCUT2D eigenvalue weighted by Gasteiger charge is 2.18. The summed E-state index contributed by atoms with van der Waals surface area (Å²) < 4.78 is 26.4. The second-order valence-corrected chi connectivity index (χ2v) is 4.35. The smallest absolute Gasteiger partial charge is 0.221 e. The average Bonchev–Trinajstić information content (AvgIpc) is 2.20. The molecule has 92 valence electrons. The van der Waals surface area contributed by atoms with Gasteiger partial charge in [0.25, 0.3) is 0 Å². The van der Waals surface area contributed by atoms with Crippen LogP contribution >= 0.6 is 22.6 Å². The standard InChI is InChI=1S/C10H9F2IN2O2/c1-4(16)14-7-3-6(11)8(12)9(13)10(7)15-5(2)17/h3H,1-2H3,(H,14,16)(H,15,17). The van der Waals surface area contributed by atoms with Gasteiger partial charge in [-0.3, -0.25) is 9.59 Å². The molecule has 0 saturated heterocycles. The minimum Gasteiger partial charge on any atom is -0.324 e. The van der Waals surface area contributed by atoms with Crippen LogP contribution in [-0.2, 0) is 9.59 Å². The fraction of sp³-hybridized carbons (Fsp3) is 0.200. The zero-order valence-electron chi connectivity index (χ0n) is 9.03. The van der Waals surface area contributed by atoms with Gasteiger partial charge in [0.15, 0.2) is 11.6 Å². The average molecular weight is 354 g/mol. The molecular weight excluding hydrogens is 345 g/mol. The summed E-state index contributed by atoms with van der Waals surface area (Å²) in [7, 11) is 0. The van der Waals surface area contributed by atoms with Gasteiger partial charge in [-0.2, -0.15) is 0 Å². The maximum atomic E-state index is 13.3. The van der Waals surface area contributed by atoms with E-state index < -0.39 is 23.4 Å². The Hall–Kier alpha value is -1.25. The highest BCUT2D eigenvalue weighted by atomic mass is 127. The lowest BCUT2D eigenvalue weighted by Crippen LogP contribution is -2.14. The van der Waals surface area contributed by atoms with E-state index in [2.05, 4.69) is 10.6 Å². The molecule has 1 aromatic rings. The Morgan fingerprint density at radius 1 is 1.18 bits per heavy atom. The molecule has 0 aliphatic rings. The van der Waals surface area contributed by atoms with E-state index in [1.165, 1.54) is 13.8 Å². The van der Waals surface area contributed by atoms with E-state index in [0.717, 1.165) is 6.07 Å². The molecule has 1 rings (SSSR count). The van der Waals surface area contributed by atoms with Gasteiger partial charge in [-0.05, 0) is 22.6 Å². The lowest BCUT2D eigenvalue weighted by molar-refractivity contribution is -0.115. The highest BCUT2D eigenvalue weighted by Crippen LogP contribution is 2.31. The summed E-state index contributed by atoms with van der Waals surface area (Å²) >= 11 is 1.56. The first kappa shape index (κ1) is 13.8. The van der Waals surface area contributed by atoms with Crippen LogP contribution in [0.15, 0.2) is 6.07 Å². The monoisotopic (exact) mass is 354 g/mol. The molecule has 0 unspecified atom stereocenters. The van der Waals surface area contributed by atoms with Crippen molar-refractivity contribution < 1.29 is 18.4 Å². The van der Waals surface area contributed by atoms with E-state index >= 15 is 0 Å². The first-order valence-electron chi connectivity index (χ1n) is 4.55. The maximum Gasteiger partial charge on any atom is 0.221 e. The molecule has 0 atom stereocenters. The molecule has 0 spiro atoms. The third-order valence-corrected chi connectivity index (χ3v) is 2.79. The topological polar surface area (TPSA) is 58.2 Å². The van der Waals surface area contributed by atoms with Crippen LogP contribution in [0.1, 0.15) is 13.8 Å². The van der Waals surface area contributed by atoms with Crippen molar-refractivity contribution in [3.05, 3.63) is 21.3 Å². The number of rotatable bonds is 2. The maximum absolute atomic E-state index is 13.3. The predicted octanol–water partition coefficient (Wildman–Crippen LogP) is 2.49. The van der Waals surface area contributed by atoms with Crippen LogP contribution in [0, 0.1) is 15.2 Å². The first-order chi connectivity index (χ1) is 7.82. The summed E-state index contributed by atoms with van der Waals surface area (Å²) in [6, 6.07) is 0.824. The van der Waals surface area contributed by atoms with Gasteiger partial charge in [0.1, 0.15) is 0 Å². The first-order valence-corrected chi connectivity index (χ1v) is 5.63. The van der Waals surface area contributed by atoms with Crippen molar-refractivity contribution in [2.24, 2.45) is 0 Å². The normalized spacial score (nSPS) is 9.94. The van der Waals surface area contributed by atoms with Gasteiger partial charge in [0.2, 0.25) is 11.8 Å². The van der Waals surface area contributed by atoms with Crippen LogP contribution in [-0.4, -0.2) is 11.8 Å². The molecule has 17 heavy (non-hydrogen) atoms. The van der Waals surface area contributed by atoms with Crippen LogP contribution < -0.4 is 10.6 Å². The van der Waals surface area contributed by atoms with E-state index in [1.54, 1.807) is 22.6 Å². The van der Waals surface area contributed by atoms with Gasteiger partial charge in [0.05, 0.1) is 14.9 Å². The van der Waals surface area contributed by atoms with E-state index in [1.807, 2.05) is 0 Å². The van der Waals surface area contributed by atoms with Crippen molar-refractivity contribution in [3.63, 3.8) is 0 Å². The Kier molecular flexibility index (Phi) is 4.38. The number of amides is 2. The summed E-state index contributed by atoms with van der Waals surface area (Å²) in [6.45, 7) is 2.46. The van der Waals surface area contributed by atoms with E-state index in [-0.39, 0.29) is 14.9 Å². The van der Waals surface area contributed by atoms with Gasteiger partial charge >= 0.3 is 0 Å². The van der Waals surface area contributed by atoms with E-state index in [4.69, 9.17) is 0 Å². The largest absolute Gasteiger partial charge is 0.324 e. The Labute approximate surface area is 110 Å². The third kappa shape index (κ3) is 3.35. The van der Waals surface area contributed by atoms with Crippen LogP contribution in [0.3, 0.4) is 0 Å². The molecule has 2 amide bonds. The third-order valence-electron chi connectivity index (χ3n) is 1.77. The van der Waals surface area contributed by atoms with Crippen molar-refractivity contribution >= 4 is 45.8 Å². The number of carbonyl (C=O) groups is 2. The molecule has 0 aliphatic carbocycles. The zero-order valence-corrected chi connectivity index (χ0v) is 11.2. The van der Waals surface area contributed by atoms with Crippen molar-refractivity contribution in [3.8, 4) is 0 Å². The molecule has 0 bridgehead atoms. The Bertz CT molecular complexity index is 492. The predicted molar refractivity (Wildman–Crippen MR) is 67.7 cm³/mol. The lowest BCUT2D eigenvalue weighted by Gasteiger charge is -2.13. The summed E-state index contributed by atoms with van der Waals surface area (Å²) in [5, 5.41) is 4.67. The Balaban J connectivity index is 3.34. The fourth-order valence-corrected chi connectivity index (χ4v) is 1.86. The number of benzene rings is 1. The number of hydrogen-bond acceptors (Lipinski definition) is 2. The van der Waals surface area contributed by atoms with Crippen LogP contribution in [0.4, 0.5) is 20.2 Å². The molecule has 0 aliphatic heterocycles. The van der Waals surface area contributed by atoms with Gasteiger partial charge in [-0.15, -0.1) is 0 Å². The molecule has 0 saturated carbocycles. The number of anilines is 2. The second-order valence-electron chi connectivity index (χ2n) is 3.27. The lowest BCUT2D eigenvalue weighted by atomic mass is 10.2. The molecule has 0 heterocycles. The number of nitrogens with one attached hydrogen (secondary N) is 2. The molecule has 4 nitrogen and oxygen atoms in total. The van der Waals surface area contributed by atoms with E-state index in [0.29, 0.717) is 0 Å². The van der Waals surface area contributed by atoms with Crippen LogP contribution in [0.2, 0.25) is 0 Å². The Morgan fingerprint density at radius 2 is 1.71 bits per heavy atom. The molecule has 2 N–H and O–H groups in total. The van der Waals surface area contributed by atoms with Crippen molar-refractivity contribution in [1.82, 2.24) is 0 Å². The van der Waals surface area contributed by atoms with Crippen LogP contribution in [0.5, 0.6) is 0 Å². The molecule has 0 radical (unpaired) electrons. The molecule has 0 fully saturated rings. The van der Waals surface area contributed by atoms with Crippen molar-refractivity contribution in [1.29, 1.82) is 0 Å². The highest BCUT2D eigenvalue weighted by molar-refractivity contribution is 14.1. The summed E-state index contributed by atoms with van der Waals surface area (Å²) in [6.07, 6.45) is 0. The van der Waals surface area contributed by atoms with Crippen molar-refractivity contribution in [2.75, 3.05) is 10.6 Å². The SMILES string of the molecule is CC(=O)Nc1cc(F)c(F)c(I)c1NC(C)=O. The fourth-order valence-electron chi connectivity index (χ4n) is 1.18. The summed E-state index contributed by atoms with van der Waals surface area (Å²) in [5.41, 5.74) is 0.0724. The Morgan fingerprint density at radius 3 is 2.18 bits per heavy atom. The van der Waals surface area contributed by atoms with Crippen LogP contribution in [0.25, 0.3) is 0 Å². The van der Waals surface area contributed by atoms with Gasteiger partial charge in [0, 0.05) is 19.9 Å². The van der Waals surface area contributed by atoms with E-state index in [9.17, 15) is 18.4 Å². The quantitative estimate of drug-likeness (QED) is 0.633.